The molecule has 0 aliphatic carbocycles. The maximum atomic E-state index is 12.5. The molecule has 0 unspecified atom stereocenters. The van der Waals surface area contributed by atoms with Crippen LogP contribution in [0, 0.1) is 0 Å². The highest BCUT2D eigenvalue weighted by Crippen LogP contribution is 2.39. The van der Waals surface area contributed by atoms with Crippen molar-refractivity contribution in [1.29, 1.82) is 0 Å². The molecule has 2 atom stereocenters. The van der Waals surface area contributed by atoms with Gasteiger partial charge in [-0.3, -0.25) is 9.48 Å². The number of likely N-dealkylation sites (tertiary alicyclic amines) is 1. The van der Waals surface area contributed by atoms with Crippen molar-refractivity contribution in [2.24, 2.45) is 7.05 Å². The second-order valence-corrected chi connectivity index (χ2v) is 8.05. The van der Waals surface area contributed by atoms with Crippen LogP contribution in [0.25, 0.3) is 6.08 Å². The first-order valence-corrected chi connectivity index (χ1v) is 9.20. The molecule has 3 heterocycles. The normalized spacial score (nSPS) is 29.0. The molecule has 7 heteroatoms. The van der Waals surface area contributed by atoms with Crippen molar-refractivity contribution in [3.63, 3.8) is 0 Å². The number of rotatable bonds is 3. The third-order valence-corrected chi connectivity index (χ3v) is 5.82. The maximum Gasteiger partial charge on any atom is 0.246 e. The molecule has 1 amide bonds. The lowest BCUT2D eigenvalue weighted by atomic mass is 9.77. The molecule has 2 aliphatic rings. The van der Waals surface area contributed by atoms with E-state index in [0.29, 0.717) is 19.7 Å². The molecule has 0 saturated carbocycles. The number of amides is 1. The number of piperidine rings is 1. The Balaban J connectivity index is 1.59. The Morgan fingerprint density at radius 1 is 1.42 bits per heavy atom. The average molecular weight is 362 g/mol. The molecule has 2 aliphatic heterocycles. The van der Waals surface area contributed by atoms with Gasteiger partial charge in [0.25, 0.3) is 0 Å². The van der Waals surface area contributed by atoms with Crippen molar-refractivity contribution in [3.05, 3.63) is 24.0 Å². The summed E-state index contributed by atoms with van der Waals surface area (Å²) in [6.45, 7) is 3.53. The van der Waals surface area contributed by atoms with Crippen LogP contribution in [0.1, 0.15) is 31.9 Å². The summed E-state index contributed by atoms with van der Waals surface area (Å²) in [5.74, 6) is 0.0213. The molecule has 1 aromatic heterocycles. The third-order valence-electron chi connectivity index (χ3n) is 5.82. The molecule has 0 bridgehead atoms. The van der Waals surface area contributed by atoms with Gasteiger partial charge in [0, 0.05) is 38.5 Å². The first-order chi connectivity index (χ1) is 12.2. The Morgan fingerprint density at radius 3 is 2.69 bits per heavy atom. The number of ether oxygens (including phenoxy) is 1. The number of aromatic nitrogens is 2. The van der Waals surface area contributed by atoms with Crippen LogP contribution in [0.2, 0.25) is 0 Å². The van der Waals surface area contributed by atoms with E-state index in [1.165, 1.54) is 0 Å². The summed E-state index contributed by atoms with van der Waals surface area (Å²) in [4.78, 5) is 16.4. The van der Waals surface area contributed by atoms with Crippen LogP contribution in [0.15, 0.2) is 18.3 Å². The highest BCUT2D eigenvalue weighted by atomic mass is 16.5. The van der Waals surface area contributed by atoms with Crippen LogP contribution in [0.4, 0.5) is 0 Å². The van der Waals surface area contributed by atoms with E-state index in [4.69, 9.17) is 4.74 Å². The van der Waals surface area contributed by atoms with E-state index >= 15 is 0 Å². The monoisotopic (exact) mass is 362 g/mol. The number of aryl methyl sites for hydroxylation is 1. The van der Waals surface area contributed by atoms with E-state index in [9.17, 15) is 9.90 Å². The van der Waals surface area contributed by atoms with E-state index < -0.39 is 5.60 Å². The van der Waals surface area contributed by atoms with Crippen LogP contribution >= 0.6 is 0 Å². The number of hydrogen-bond donors (Lipinski definition) is 1. The van der Waals surface area contributed by atoms with Crippen LogP contribution < -0.4 is 0 Å². The van der Waals surface area contributed by atoms with E-state index in [-0.39, 0.29) is 17.6 Å². The number of carbonyl (C=O) groups excluding carboxylic acids is 1. The molecule has 1 aromatic rings. The SMILES string of the molecule is CN(C)[C@H]1CC2(CCN(C(=O)/C=C/c3ccnn3C)CC2)OC[C@]1(C)O. The summed E-state index contributed by atoms with van der Waals surface area (Å²) in [6, 6.07) is 1.93. The Morgan fingerprint density at radius 2 is 2.12 bits per heavy atom. The Labute approximate surface area is 155 Å². The summed E-state index contributed by atoms with van der Waals surface area (Å²) in [7, 11) is 5.85. The van der Waals surface area contributed by atoms with Gasteiger partial charge in [-0.05, 0) is 52.4 Å². The second-order valence-electron chi connectivity index (χ2n) is 8.05. The van der Waals surface area contributed by atoms with Gasteiger partial charge < -0.3 is 19.6 Å². The molecule has 1 spiro atoms. The molecule has 0 aromatic carbocycles. The summed E-state index contributed by atoms with van der Waals surface area (Å²) in [6.07, 6.45) is 7.53. The average Bonchev–Trinajstić information content (AvgIpc) is 3.01. The lowest BCUT2D eigenvalue weighted by molar-refractivity contribution is -0.206. The lowest BCUT2D eigenvalue weighted by Crippen LogP contribution is -2.62. The number of aliphatic hydroxyl groups is 1. The van der Waals surface area contributed by atoms with E-state index in [0.717, 1.165) is 25.0 Å². The summed E-state index contributed by atoms with van der Waals surface area (Å²) in [5, 5.41) is 14.7. The predicted molar refractivity (Wildman–Crippen MR) is 99.5 cm³/mol. The molecule has 2 saturated heterocycles. The fraction of sp³-hybridized carbons (Fsp3) is 0.684. The highest BCUT2D eigenvalue weighted by Gasteiger charge is 2.49. The first kappa shape index (κ1) is 19.1. The fourth-order valence-electron chi connectivity index (χ4n) is 4.06. The molecule has 144 valence electrons. The van der Waals surface area contributed by atoms with E-state index in [1.54, 1.807) is 23.0 Å². The molecular formula is C19H30N4O3. The van der Waals surface area contributed by atoms with Crippen LogP contribution in [0.3, 0.4) is 0 Å². The standard InChI is InChI=1S/C19H30N4O3/c1-18(25)14-26-19(13-16(18)21(2)3)8-11-23(12-9-19)17(24)6-5-15-7-10-20-22(15)4/h5-7,10,16,25H,8-9,11-14H2,1-4H3/b6-5+/t16-,18-/m0/s1. The zero-order valence-electron chi connectivity index (χ0n) is 16.2. The van der Waals surface area contributed by atoms with E-state index in [2.05, 4.69) is 10.00 Å². The van der Waals surface area contributed by atoms with Gasteiger partial charge in [0.2, 0.25) is 5.91 Å². The van der Waals surface area contributed by atoms with Crippen molar-refractivity contribution < 1.29 is 14.6 Å². The molecule has 7 nitrogen and oxygen atoms in total. The molecule has 3 rings (SSSR count). The number of carbonyl (C=O) groups is 1. The van der Waals surface area contributed by atoms with Crippen molar-refractivity contribution in [1.82, 2.24) is 19.6 Å². The zero-order chi connectivity index (χ0) is 18.9. The van der Waals surface area contributed by atoms with Crippen molar-refractivity contribution >= 4 is 12.0 Å². The van der Waals surface area contributed by atoms with Crippen molar-refractivity contribution in [2.45, 2.75) is 43.4 Å². The molecule has 2 fully saturated rings. The van der Waals surface area contributed by atoms with Gasteiger partial charge in [0.05, 0.1) is 17.9 Å². The number of likely N-dealkylation sites (N-methyl/N-ethyl adjacent to an activating group) is 1. The maximum absolute atomic E-state index is 12.5. The van der Waals surface area contributed by atoms with Gasteiger partial charge in [-0.1, -0.05) is 0 Å². The molecule has 0 radical (unpaired) electrons. The quantitative estimate of drug-likeness (QED) is 0.809. The third kappa shape index (κ3) is 3.84. The van der Waals surface area contributed by atoms with Gasteiger partial charge in [-0.2, -0.15) is 5.10 Å². The molecular weight excluding hydrogens is 332 g/mol. The largest absolute Gasteiger partial charge is 0.386 e. The zero-order valence-corrected chi connectivity index (χ0v) is 16.2. The Bertz CT molecular complexity index is 672. The van der Waals surface area contributed by atoms with Gasteiger partial charge >= 0.3 is 0 Å². The topological polar surface area (TPSA) is 70.8 Å². The molecule has 26 heavy (non-hydrogen) atoms. The van der Waals surface area contributed by atoms with Gasteiger partial charge in [0.15, 0.2) is 0 Å². The minimum absolute atomic E-state index is 0.0213. The molecule has 1 N–H and O–H groups in total. The van der Waals surface area contributed by atoms with E-state index in [1.807, 2.05) is 39.0 Å². The lowest BCUT2D eigenvalue weighted by Gasteiger charge is -2.52. The van der Waals surface area contributed by atoms with Crippen molar-refractivity contribution in [3.8, 4) is 0 Å². The summed E-state index contributed by atoms with van der Waals surface area (Å²) in [5.41, 5.74) is -0.175. The first-order valence-electron chi connectivity index (χ1n) is 9.20. The fourth-order valence-corrected chi connectivity index (χ4v) is 4.06. The second kappa shape index (κ2) is 7.13. The van der Waals surface area contributed by atoms with Crippen molar-refractivity contribution in [2.75, 3.05) is 33.8 Å². The highest BCUT2D eigenvalue weighted by molar-refractivity contribution is 5.91. The summed E-state index contributed by atoms with van der Waals surface area (Å²) < 4.78 is 7.85. The van der Waals surface area contributed by atoms with Gasteiger partial charge in [0.1, 0.15) is 5.60 Å². The minimum Gasteiger partial charge on any atom is -0.386 e. The smallest absolute Gasteiger partial charge is 0.246 e. The minimum atomic E-state index is -0.840. The van der Waals surface area contributed by atoms with Gasteiger partial charge in [-0.15, -0.1) is 0 Å². The van der Waals surface area contributed by atoms with Crippen LogP contribution in [-0.4, -0.2) is 81.6 Å². The van der Waals surface area contributed by atoms with Crippen LogP contribution in [0.5, 0.6) is 0 Å². The van der Waals surface area contributed by atoms with Gasteiger partial charge in [-0.25, -0.2) is 0 Å². The summed E-state index contributed by atoms with van der Waals surface area (Å²) >= 11 is 0. The Kier molecular flexibility index (Phi) is 5.23. The predicted octanol–water partition coefficient (Wildman–Crippen LogP) is 0.896. The number of nitrogens with zero attached hydrogens (tertiary/aromatic N) is 4. The Hall–Kier alpha value is -1.70. The number of hydrogen-bond acceptors (Lipinski definition) is 5. The van der Waals surface area contributed by atoms with Crippen LogP contribution in [-0.2, 0) is 16.6 Å².